The fourth-order valence-corrected chi connectivity index (χ4v) is 6.19. The molecule has 0 spiro atoms. The number of benzene rings is 2. The van der Waals surface area contributed by atoms with Gasteiger partial charge in [-0.3, -0.25) is 4.79 Å². The number of methoxy groups -OCH3 is 1. The van der Waals surface area contributed by atoms with Crippen molar-refractivity contribution in [3.8, 4) is 16.3 Å². The summed E-state index contributed by atoms with van der Waals surface area (Å²) in [7, 11) is 1.61. The Kier molecular flexibility index (Phi) is 4.81. The van der Waals surface area contributed by atoms with E-state index in [2.05, 4.69) is 11.4 Å². The SMILES string of the molecule is COc1cccc(C(=O)Nc2sc3c(c2-c2nc4ccccc4s2)CCCC3)c1. The van der Waals surface area contributed by atoms with E-state index in [-0.39, 0.29) is 5.91 Å². The van der Waals surface area contributed by atoms with E-state index >= 15 is 0 Å². The van der Waals surface area contributed by atoms with Crippen LogP contribution >= 0.6 is 22.7 Å². The highest BCUT2D eigenvalue weighted by atomic mass is 32.1. The quantitative estimate of drug-likeness (QED) is 0.430. The van der Waals surface area contributed by atoms with E-state index in [1.807, 2.05) is 36.4 Å². The number of para-hydroxylation sites is 1. The van der Waals surface area contributed by atoms with E-state index in [0.29, 0.717) is 11.3 Å². The topological polar surface area (TPSA) is 51.2 Å². The second-order valence-corrected chi connectivity index (χ2v) is 9.22. The molecule has 1 amide bonds. The van der Waals surface area contributed by atoms with Crippen molar-refractivity contribution in [3.63, 3.8) is 0 Å². The molecular weight excluding hydrogens is 400 g/mol. The van der Waals surface area contributed by atoms with Gasteiger partial charge in [-0.25, -0.2) is 4.98 Å². The van der Waals surface area contributed by atoms with Crippen molar-refractivity contribution in [1.82, 2.24) is 4.98 Å². The van der Waals surface area contributed by atoms with E-state index in [9.17, 15) is 4.79 Å². The van der Waals surface area contributed by atoms with Crippen LogP contribution in [0.2, 0.25) is 0 Å². The van der Waals surface area contributed by atoms with Gasteiger partial charge in [0.1, 0.15) is 15.8 Å². The number of aromatic nitrogens is 1. The maximum Gasteiger partial charge on any atom is 0.256 e. The van der Waals surface area contributed by atoms with Gasteiger partial charge in [-0.2, -0.15) is 0 Å². The highest BCUT2D eigenvalue weighted by Gasteiger charge is 2.25. The summed E-state index contributed by atoms with van der Waals surface area (Å²) in [5.41, 5.74) is 4.07. The smallest absolute Gasteiger partial charge is 0.256 e. The van der Waals surface area contributed by atoms with Crippen LogP contribution in [0.25, 0.3) is 20.8 Å². The molecule has 1 aliphatic carbocycles. The molecule has 0 saturated carbocycles. The molecule has 146 valence electrons. The van der Waals surface area contributed by atoms with Crippen molar-refractivity contribution in [2.24, 2.45) is 0 Å². The minimum atomic E-state index is -0.121. The van der Waals surface area contributed by atoms with Crippen LogP contribution in [-0.4, -0.2) is 18.0 Å². The number of fused-ring (bicyclic) bond motifs is 2. The summed E-state index contributed by atoms with van der Waals surface area (Å²) in [5, 5.41) is 5.07. The number of anilines is 1. The number of amides is 1. The van der Waals surface area contributed by atoms with E-state index in [0.717, 1.165) is 33.9 Å². The number of carbonyl (C=O) groups excluding carboxylic acids is 1. The van der Waals surface area contributed by atoms with Crippen LogP contribution in [0.15, 0.2) is 48.5 Å². The molecule has 1 aliphatic rings. The highest BCUT2D eigenvalue weighted by Crippen LogP contribution is 2.46. The predicted molar refractivity (Wildman–Crippen MR) is 121 cm³/mol. The van der Waals surface area contributed by atoms with Crippen molar-refractivity contribution in [2.75, 3.05) is 12.4 Å². The van der Waals surface area contributed by atoms with Gasteiger partial charge in [-0.15, -0.1) is 22.7 Å². The molecule has 0 radical (unpaired) electrons. The van der Waals surface area contributed by atoms with Crippen LogP contribution in [0.5, 0.6) is 5.75 Å². The Hall–Kier alpha value is -2.70. The molecule has 4 nitrogen and oxygen atoms in total. The Morgan fingerprint density at radius 2 is 1.93 bits per heavy atom. The first kappa shape index (κ1) is 18.3. The average Bonchev–Trinajstić information content (AvgIpc) is 3.34. The number of ether oxygens (including phenoxy) is 1. The second-order valence-electron chi connectivity index (χ2n) is 7.09. The number of carbonyl (C=O) groups is 1. The number of nitrogens with zero attached hydrogens (tertiary/aromatic N) is 1. The van der Waals surface area contributed by atoms with Crippen LogP contribution in [0.1, 0.15) is 33.6 Å². The molecule has 0 fully saturated rings. The standard InChI is InChI=1S/C23H20N2O2S2/c1-27-15-8-6-7-14(13-15)21(26)25-23-20(16-9-2-4-11-18(16)28-23)22-24-17-10-3-5-12-19(17)29-22/h3,5-8,10,12-13H,2,4,9,11H2,1H3,(H,25,26). The van der Waals surface area contributed by atoms with E-state index in [4.69, 9.17) is 9.72 Å². The van der Waals surface area contributed by atoms with Gasteiger partial charge in [-0.05, 0) is 61.6 Å². The summed E-state index contributed by atoms with van der Waals surface area (Å²) in [5.74, 6) is 0.555. The van der Waals surface area contributed by atoms with E-state index in [1.54, 1.807) is 35.8 Å². The Bertz CT molecular complexity index is 1180. The minimum Gasteiger partial charge on any atom is -0.497 e. The molecule has 2 heterocycles. The lowest BCUT2D eigenvalue weighted by Gasteiger charge is -2.12. The molecule has 0 bridgehead atoms. The van der Waals surface area contributed by atoms with Gasteiger partial charge in [0.25, 0.3) is 5.91 Å². The zero-order chi connectivity index (χ0) is 19.8. The first-order valence-corrected chi connectivity index (χ1v) is 11.3. The predicted octanol–water partition coefficient (Wildman–Crippen LogP) is 6.16. The highest BCUT2D eigenvalue weighted by molar-refractivity contribution is 7.23. The van der Waals surface area contributed by atoms with E-state index in [1.165, 1.54) is 28.0 Å². The first-order valence-electron chi connectivity index (χ1n) is 9.69. The lowest BCUT2D eigenvalue weighted by Crippen LogP contribution is -2.11. The summed E-state index contributed by atoms with van der Waals surface area (Å²) < 4.78 is 6.43. The van der Waals surface area contributed by atoms with Gasteiger partial charge in [0, 0.05) is 16.0 Å². The normalized spacial score (nSPS) is 13.3. The Morgan fingerprint density at radius 3 is 2.79 bits per heavy atom. The largest absolute Gasteiger partial charge is 0.497 e. The van der Waals surface area contributed by atoms with Crippen molar-refractivity contribution in [2.45, 2.75) is 25.7 Å². The molecule has 29 heavy (non-hydrogen) atoms. The summed E-state index contributed by atoms with van der Waals surface area (Å²) in [6, 6.07) is 15.4. The zero-order valence-electron chi connectivity index (χ0n) is 16.0. The second kappa shape index (κ2) is 7.61. The first-order chi connectivity index (χ1) is 14.2. The molecule has 2 aromatic heterocycles. The summed E-state index contributed by atoms with van der Waals surface area (Å²) in [6.07, 6.45) is 4.51. The summed E-state index contributed by atoms with van der Waals surface area (Å²) in [4.78, 5) is 19.2. The van der Waals surface area contributed by atoms with Crippen molar-refractivity contribution >= 4 is 43.8 Å². The van der Waals surface area contributed by atoms with Gasteiger partial charge in [-0.1, -0.05) is 18.2 Å². The maximum absolute atomic E-state index is 13.0. The summed E-state index contributed by atoms with van der Waals surface area (Å²) in [6.45, 7) is 0. The lowest BCUT2D eigenvalue weighted by molar-refractivity contribution is 0.102. The number of rotatable bonds is 4. The number of thiophene rings is 1. The fraction of sp³-hybridized carbons (Fsp3) is 0.217. The van der Waals surface area contributed by atoms with Crippen molar-refractivity contribution in [3.05, 3.63) is 64.5 Å². The van der Waals surface area contributed by atoms with Gasteiger partial charge in [0.05, 0.1) is 17.3 Å². The Labute approximate surface area is 177 Å². The van der Waals surface area contributed by atoms with Crippen LogP contribution in [0, 0.1) is 0 Å². The molecule has 0 atom stereocenters. The third kappa shape index (κ3) is 3.43. The van der Waals surface area contributed by atoms with Crippen molar-refractivity contribution in [1.29, 1.82) is 0 Å². The van der Waals surface area contributed by atoms with Crippen LogP contribution < -0.4 is 10.1 Å². The molecular formula is C23H20N2O2S2. The zero-order valence-corrected chi connectivity index (χ0v) is 17.7. The maximum atomic E-state index is 13.0. The van der Waals surface area contributed by atoms with E-state index < -0.39 is 0 Å². The number of hydrogen-bond acceptors (Lipinski definition) is 5. The van der Waals surface area contributed by atoms with Gasteiger partial charge in [0.15, 0.2) is 0 Å². The third-order valence-electron chi connectivity index (χ3n) is 5.24. The molecule has 6 heteroatoms. The number of aryl methyl sites for hydroxylation is 1. The third-order valence-corrected chi connectivity index (χ3v) is 7.50. The lowest BCUT2D eigenvalue weighted by atomic mass is 9.95. The van der Waals surface area contributed by atoms with Crippen LogP contribution in [0.3, 0.4) is 0 Å². The van der Waals surface area contributed by atoms with Crippen molar-refractivity contribution < 1.29 is 9.53 Å². The molecule has 0 saturated heterocycles. The fourth-order valence-electron chi connectivity index (χ4n) is 3.80. The minimum absolute atomic E-state index is 0.121. The molecule has 5 rings (SSSR count). The number of nitrogens with one attached hydrogen (secondary N) is 1. The van der Waals surface area contributed by atoms with Gasteiger partial charge < -0.3 is 10.1 Å². The van der Waals surface area contributed by atoms with Gasteiger partial charge >= 0.3 is 0 Å². The molecule has 0 unspecified atom stereocenters. The molecule has 0 aliphatic heterocycles. The molecule has 1 N–H and O–H groups in total. The van der Waals surface area contributed by atoms with Crippen LogP contribution in [0.4, 0.5) is 5.00 Å². The number of hydrogen-bond donors (Lipinski definition) is 1. The average molecular weight is 421 g/mol. The van der Waals surface area contributed by atoms with Crippen LogP contribution in [-0.2, 0) is 12.8 Å². The Morgan fingerprint density at radius 1 is 1.07 bits per heavy atom. The van der Waals surface area contributed by atoms with Gasteiger partial charge in [0.2, 0.25) is 0 Å². The number of thiazole rings is 1. The molecule has 2 aromatic carbocycles. The summed E-state index contributed by atoms with van der Waals surface area (Å²) >= 11 is 3.40. The Balaban J connectivity index is 1.57. The molecule has 4 aromatic rings. The monoisotopic (exact) mass is 420 g/mol.